The molecule has 0 unspecified atom stereocenters. The first-order valence-electron chi connectivity index (χ1n) is 8.73. The number of ether oxygens (including phenoxy) is 2. The molecular weight excluding hydrogens is 369 g/mol. The zero-order valence-corrected chi connectivity index (χ0v) is 16.9. The fourth-order valence-corrected chi connectivity index (χ4v) is 2.97. The monoisotopic (exact) mass is 392 g/mol. The third kappa shape index (κ3) is 4.08. The van der Waals surface area contributed by atoms with Gasteiger partial charge in [-0.2, -0.15) is 0 Å². The van der Waals surface area contributed by atoms with Gasteiger partial charge in [-0.25, -0.2) is 4.39 Å². The molecule has 0 spiro atoms. The van der Waals surface area contributed by atoms with Crippen molar-refractivity contribution in [1.82, 2.24) is 0 Å². The molecule has 4 nitrogen and oxygen atoms in total. The Bertz CT molecular complexity index is 825. The van der Waals surface area contributed by atoms with Crippen molar-refractivity contribution in [3.63, 3.8) is 0 Å². The zero-order chi connectivity index (χ0) is 19.8. The largest absolute Gasteiger partial charge is 0.497 e. The maximum Gasteiger partial charge on any atom is 0.497 e. The van der Waals surface area contributed by atoms with E-state index in [0.29, 0.717) is 22.0 Å². The predicted molar refractivity (Wildman–Crippen MR) is 104 cm³/mol. The molecule has 1 saturated heterocycles. The van der Waals surface area contributed by atoms with E-state index in [1.54, 1.807) is 37.4 Å². The van der Waals surface area contributed by atoms with Crippen molar-refractivity contribution in [3.05, 3.63) is 52.8 Å². The van der Waals surface area contributed by atoms with Gasteiger partial charge in [-0.05, 0) is 52.0 Å². The van der Waals surface area contributed by atoms with Gasteiger partial charge in [0.2, 0.25) is 0 Å². The van der Waals surface area contributed by atoms with Gasteiger partial charge in [-0.3, -0.25) is 0 Å². The van der Waals surface area contributed by atoms with Crippen molar-refractivity contribution < 1.29 is 23.2 Å². The van der Waals surface area contributed by atoms with Crippen LogP contribution in [0, 0.1) is 5.82 Å². The van der Waals surface area contributed by atoms with E-state index in [0.717, 1.165) is 5.56 Å². The molecule has 0 radical (unpaired) electrons. The molecule has 27 heavy (non-hydrogen) atoms. The lowest BCUT2D eigenvalue weighted by atomic mass is 9.78. The van der Waals surface area contributed by atoms with Crippen molar-refractivity contribution in [3.8, 4) is 11.5 Å². The highest BCUT2D eigenvalue weighted by molar-refractivity contribution is 6.62. The second-order valence-electron chi connectivity index (χ2n) is 7.52. The molecule has 0 aliphatic carbocycles. The van der Waals surface area contributed by atoms with Crippen molar-refractivity contribution in [2.45, 2.75) is 45.5 Å². The van der Waals surface area contributed by atoms with E-state index in [9.17, 15) is 4.39 Å². The first kappa shape index (κ1) is 20.0. The molecule has 1 aliphatic heterocycles. The van der Waals surface area contributed by atoms with E-state index in [4.69, 9.17) is 30.4 Å². The molecule has 2 aromatic carbocycles. The van der Waals surface area contributed by atoms with Gasteiger partial charge in [-0.1, -0.05) is 17.7 Å². The Morgan fingerprint density at radius 2 is 1.70 bits per heavy atom. The van der Waals surface area contributed by atoms with Gasteiger partial charge in [0.1, 0.15) is 23.9 Å². The van der Waals surface area contributed by atoms with Crippen LogP contribution in [-0.2, 0) is 15.9 Å². The Morgan fingerprint density at radius 3 is 2.30 bits per heavy atom. The van der Waals surface area contributed by atoms with E-state index < -0.39 is 24.1 Å². The highest BCUT2D eigenvalue weighted by Gasteiger charge is 2.52. The number of hydrogen-bond acceptors (Lipinski definition) is 4. The van der Waals surface area contributed by atoms with Crippen molar-refractivity contribution in [2.75, 3.05) is 7.11 Å². The quantitative estimate of drug-likeness (QED) is 0.708. The molecule has 3 rings (SSSR count). The lowest BCUT2D eigenvalue weighted by Crippen LogP contribution is -2.41. The average molecular weight is 393 g/mol. The second-order valence-corrected chi connectivity index (χ2v) is 7.95. The summed E-state index contributed by atoms with van der Waals surface area (Å²) in [6.07, 6.45) is 0. The van der Waals surface area contributed by atoms with Gasteiger partial charge in [0, 0.05) is 22.1 Å². The standard InChI is InChI=1S/C20H23BClFO4/c1-19(2)20(3,4)27-21(26-19)16-8-7-15(11-17(16)23)25-12-13-10-14(22)6-9-18(13)24-5/h6-11H,12H2,1-5H3. The molecule has 0 saturated carbocycles. The molecule has 0 amide bonds. The van der Waals surface area contributed by atoms with Crippen molar-refractivity contribution >= 4 is 24.2 Å². The van der Waals surface area contributed by atoms with Crippen LogP contribution in [0.1, 0.15) is 33.3 Å². The van der Waals surface area contributed by atoms with Crippen LogP contribution in [0.5, 0.6) is 11.5 Å². The predicted octanol–water partition coefficient (Wildman–Crippen LogP) is 4.37. The molecule has 2 aromatic rings. The number of methoxy groups -OCH3 is 1. The summed E-state index contributed by atoms with van der Waals surface area (Å²) in [5.41, 5.74) is 0.0759. The Morgan fingerprint density at radius 1 is 1.04 bits per heavy atom. The van der Waals surface area contributed by atoms with Crippen molar-refractivity contribution in [2.24, 2.45) is 0 Å². The normalized spacial score (nSPS) is 17.8. The summed E-state index contributed by atoms with van der Waals surface area (Å²) in [4.78, 5) is 0. The van der Waals surface area contributed by atoms with Gasteiger partial charge in [0.15, 0.2) is 0 Å². The summed E-state index contributed by atoms with van der Waals surface area (Å²) in [7, 11) is 0.822. The number of hydrogen-bond donors (Lipinski definition) is 0. The van der Waals surface area contributed by atoms with Gasteiger partial charge in [0.25, 0.3) is 0 Å². The van der Waals surface area contributed by atoms with Gasteiger partial charge < -0.3 is 18.8 Å². The van der Waals surface area contributed by atoms with Crippen LogP contribution >= 0.6 is 11.6 Å². The molecule has 7 heteroatoms. The molecule has 1 heterocycles. The van der Waals surface area contributed by atoms with Gasteiger partial charge in [-0.15, -0.1) is 0 Å². The van der Waals surface area contributed by atoms with Crippen LogP contribution in [0.25, 0.3) is 0 Å². The summed E-state index contributed by atoms with van der Waals surface area (Å²) in [5, 5.41) is 0.580. The second kappa shape index (κ2) is 7.34. The van der Waals surface area contributed by atoms with Crippen LogP contribution in [0.4, 0.5) is 4.39 Å². The maximum absolute atomic E-state index is 14.7. The van der Waals surface area contributed by atoms with Crippen molar-refractivity contribution in [1.29, 1.82) is 0 Å². The fraction of sp³-hybridized carbons (Fsp3) is 0.400. The Labute approximate surface area is 164 Å². The molecule has 0 bridgehead atoms. The highest BCUT2D eigenvalue weighted by Crippen LogP contribution is 2.36. The van der Waals surface area contributed by atoms with E-state index in [1.807, 2.05) is 27.7 Å². The summed E-state index contributed by atoms with van der Waals surface area (Å²) < 4.78 is 37.5. The molecule has 0 N–H and O–H groups in total. The smallest absolute Gasteiger partial charge is 0.496 e. The third-order valence-corrected chi connectivity index (χ3v) is 5.35. The van der Waals surface area contributed by atoms with E-state index in [1.165, 1.54) is 6.07 Å². The SMILES string of the molecule is COc1ccc(Cl)cc1COc1ccc(B2OC(C)(C)C(C)(C)O2)c(F)c1. The minimum Gasteiger partial charge on any atom is -0.496 e. The number of rotatable bonds is 5. The Hall–Kier alpha value is -1.76. The average Bonchev–Trinajstić information content (AvgIpc) is 2.80. The molecular formula is C20H23BClFO4. The van der Waals surface area contributed by atoms with Crippen LogP contribution < -0.4 is 14.9 Å². The topological polar surface area (TPSA) is 36.9 Å². The summed E-state index contributed by atoms with van der Waals surface area (Å²) >= 11 is 6.02. The first-order valence-corrected chi connectivity index (χ1v) is 9.11. The lowest BCUT2D eigenvalue weighted by molar-refractivity contribution is 0.00578. The third-order valence-electron chi connectivity index (χ3n) is 5.12. The minimum atomic E-state index is -0.753. The maximum atomic E-state index is 14.7. The minimum absolute atomic E-state index is 0.207. The van der Waals surface area contributed by atoms with E-state index in [-0.39, 0.29) is 6.61 Å². The van der Waals surface area contributed by atoms with Crippen LogP contribution in [-0.4, -0.2) is 25.4 Å². The summed E-state index contributed by atoms with van der Waals surface area (Å²) in [6.45, 7) is 7.93. The lowest BCUT2D eigenvalue weighted by Gasteiger charge is -2.32. The molecule has 0 atom stereocenters. The van der Waals surface area contributed by atoms with Crippen LogP contribution in [0.3, 0.4) is 0 Å². The molecule has 144 valence electrons. The summed E-state index contributed by atoms with van der Waals surface area (Å²) in [6, 6.07) is 9.92. The van der Waals surface area contributed by atoms with Gasteiger partial charge >= 0.3 is 7.12 Å². The van der Waals surface area contributed by atoms with Crippen LogP contribution in [0.15, 0.2) is 36.4 Å². The molecule has 0 aromatic heterocycles. The van der Waals surface area contributed by atoms with Gasteiger partial charge in [0.05, 0.1) is 18.3 Å². The Kier molecular flexibility index (Phi) is 5.44. The first-order chi connectivity index (χ1) is 12.6. The number of halogens is 2. The summed E-state index contributed by atoms with van der Waals surface area (Å²) in [5.74, 6) is 0.618. The Balaban J connectivity index is 1.74. The van der Waals surface area contributed by atoms with Crippen LogP contribution in [0.2, 0.25) is 5.02 Å². The highest BCUT2D eigenvalue weighted by atomic mass is 35.5. The van der Waals surface area contributed by atoms with E-state index >= 15 is 0 Å². The van der Waals surface area contributed by atoms with E-state index in [2.05, 4.69) is 0 Å². The number of benzene rings is 2. The molecule has 1 fully saturated rings. The molecule has 1 aliphatic rings. The zero-order valence-electron chi connectivity index (χ0n) is 16.1. The fourth-order valence-electron chi connectivity index (χ4n) is 2.78.